The van der Waals surface area contributed by atoms with Gasteiger partial charge in [-0.3, -0.25) is 14.2 Å². The lowest BCUT2D eigenvalue weighted by molar-refractivity contribution is -0.137. The summed E-state index contributed by atoms with van der Waals surface area (Å²) in [4.78, 5) is 23.8. The van der Waals surface area contributed by atoms with Gasteiger partial charge in [-0.15, -0.1) is 0 Å². The van der Waals surface area contributed by atoms with Gasteiger partial charge in [0.25, 0.3) is 11.5 Å². The Morgan fingerprint density at radius 3 is 2.45 bits per heavy atom. The van der Waals surface area contributed by atoms with Crippen LogP contribution in [0.25, 0.3) is 5.69 Å². The fourth-order valence-electron chi connectivity index (χ4n) is 2.06. The predicted octanol–water partition coefficient (Wildman–Crippen LogP) is 2.87. The average Bonchev–Trinajstić information content (AvgIpc) is 2.36. The average molecular weight is 422 g/mol. The Kier molecular flexibility index (Phi) is 4.32. The zero-order valence-electron chi connectivity index (χ0n) is 11.2. The van der Waals surface area contributed by atoms with Crippen LogP contribution in [0.3, 0.4) is 0 Å². The summed E-state index contributed by atoms with van der Waals surface area (Å²) in [7, 11) is 0. The first kappa shape index (κ1) is 16.5. The highest BCUT2D eigenvalue weighted by Gasteiger charge is 2.30. The molecule has 0 radical (unpaired) electrons. The van der Waals surface area contributed by atoms with E-state index in [1.165, 1.54) is 18.2 Å². The molecular formula is C14H10F3IN2O2. The van der Waals surface area contributed by atoms with Crippen LogP contribution >= 0.6 is 22.6 Å². The largest absolute Gasteiger partial charge is 0.416 e. The lowest BCUT2D eigenvalue weighted by atomic mass is 10.1. The highest BCUT2D eigenvalue weighted by molar-refractivity contribution is 14.1. The van der Waals surface area contributed by atoms with Crippen molar-refractivity contribution in [3.63, 3.8) is 0 Å². The van der Waals surface area contributed by atoms with E-state index < -0.39 is 23.2 Å². The standard InChI is InChI=1S/C14H10F3IN2O2/c1-7-5-10(18)11(12(19)21)13(22)20(7)9-4-2-3-8(6-9)14(15,16)17/h2-6H,1H3,(H2,19,21). The molecule has 2 aromatic rings. The molecular weight excluding hydrogens is 412 g/mol. The van der Waals surface area contributed by atoms with Crippen LogP contribution in [0.5, 0.6) is 0 Å². The molecule has 0 fully saturated rings. The number of carbonyl (C=O) groups excluding carboxylic acids is 1. The van der Waals surface area contributed by atoms with Gasteiger partial charge in [-0.25, -0.2) is 0 Å². The number of alkyl halides is 3. The molecule has 0 bridgehead atoms. The molecule has 116 valence electrons. The van der Waals surface area contributed by atoms with Crippen molar-refractivity contribution in [2.75, 3.05) is 0 Å². The summed E-state index contributed by atoms with van der Waals surface area (Å²) in [5.41, 5.74) is 3.73. The van der Waals surface area contributed by atoms with Crippen LogP contribution in [-0.2, 0) is 6.18 Å². The fourth-order valence-corrected chi connectivity index (χ4v) is 3.01. The predicted molar refractivity (Wildman–Crippen MR) is 83.0 cm³/mol. The van der Waals surface area contributed by atoms with Gasteiger partial charge in [0.2, 0.25) is 0 Å². The molecule has 4 nitrogen and oxygen atoms in total. The quantitative estimate of drug-likeness (QED) is 0.757. The van der Waals surface area contributed by atoms with Gasteiger partial charge < -0.3 is 5.73 Å². The monoisotopic (exact) mass is 422 g/mol. The molecule has 0 spiro atoms. The van der Waals surface area contributed by atoms with Crippen molar-refractivity contribution < 1.29 is 18.0 Å². The van der Waals surface area contributed by atoms with Crippen molar-refractivity contribution in [2.45, 2.75) is 13.1 Å². The second-order valence-corrected chi connectivity index (χ2v) is 5.72. The zero-order chi connectivity index (χ0) is 16.7. The van der Waals surface area contributed by atoms with Gasteiger partial charge in [-0.1, -0.05) is 6.07 Å². The van der Waals surface area contributed by atoms with E-state index in [0.717, 1.165) is 16.7 Å². The van der Waals surface area contributed by atoms with Crippen LogP contribution < -0.4 is 11.3 Å². The molecule has 0 atom stereocenters. The van der Waals surface area contributed by atoms with Gasteiger partial charge in [-0.05, 0) is 53.8 Å². The van der Waals surface area contributed by atoms with Crippen molar-refractivity contribution >= 4 is 28.5 Å². The third kappa shape index (κ3) is 3.01. The number of nitrogens with zero attached hydrogens (tertiary/aromatic N) is 1. The smallest absolute Gasteiger partial charge is 0.365 e. The molecule has 1 aromatic heterocycles. The fraction of sp³-hybridized carbons (Fsp3) is 0.143. The van der Waals surface area contributed by atoms with E-state index in [1.54, 1.807) is 29.5 Å². The number of nitrogens with two attached hydrogens (primary N) is 1. The van der Waals surface area contributed by atoms with E-state index in [-0.39, 0.29) is 11.3 Å². The number of hydrogen-bond acceptors (Lipinski definition) is 2. The van der Waals surface area contributed by atoms with Crippen molar-refractivity contribution in [2.24, 2.45) is 5.73 Å². The Hall–Kier alpha value is -1.84. The molecule has 0 aliphatic heterocycles. The number of halogens is 4. The first-order chi connectivity index (χ1) is 10.1. The lowest BCUT2D eigenvalue weighted by Gasteiger charge is -2.14. The summed E-state index contributed by atoms with van der Waals surface area (Å²) >= 11 is 1.79. The van der Waals surface area contributed by atoms with E-state index in [9.17, 15) is 22.8 Å². The molecule has 0 saturated carbocycles. The van der Waals surface area contributed by atoms with Gasteiger partial charge in [0, 0.05) is 15.0 Å². The van der Waals surface area contributed by atoms with Crippen LogP contribution in [0, 0.1) is 10.5 Å². The van der Waals surface area contributed by atoms with Gasteiger partial charge >= 0.3 is 6.18 Å². The SMILES string of the molecule is Cc1cc(I)c(C(N)=O)c(=O)n1-c1cccc(C(F)(F)F)c1. The highest BCUT2D eigenvalue weighted by Crippen LogP contribution is 2.30. The van der Waals surface area contributed by atoms with Crippen LogP contribution in [0.4, 0.5) is 13.2 Å². The Balaban J connectivity index is 2.76. The van der Waals surface area contributed by atoms with E-state index in [1.807, 2.05) is 0 Å². The van der Waals surface area contributed by atoms with Crippen LogP contribution in [0.15, 0.2) is 35.1 Å². The molecule has 0 unspecified atom stereocenters. The maximum atomic E-state index is 12.8. The number of rotatable bonds is 2. The number of hydrogen-bond donors (Lipinski definition) is 1. The molecule has 0 saturated heterocycles. The van der Waals surface area contributed by atoms with E-state index in [2.05, 4.69) is 0 Å². The molecule has 2 N–H and O–H groups in total. The summed E-state index contributed by atoms with van der Waals surface area (Å²) in [5, 5.41) is 0. The lowest BCUT2D eigenvalue weighted by Crippen LogP contribution is -2.31. The Bertz CT molecular complexity index is 813. The normalized spacial score (nSPS) is 11.5. The summed E-state index contributed by atoms with van der Waals surface area (Å²) in [6.45, 7) is 1.56. The third-order valence-corrected chi connectivity index (χ3v) is 3.87. The molecule has 1 aromatic carbocycles. The Morgan fingerprint density at radius 2 is 1.91 bits per heavy atom. The van der Waals surface area contributed by atoms with Crippen molar-refractivity contribution in [3.05, 3.63) is 61.1 Å². The van der Waals surface area contributed by atoms with Gasteiger partial charge in [0.1, 0.15) is 5.56 Å². The molecule has 22 heavy (non-hydrogen) atoms. The molecule has 2 rings (SSSR count). The second-order valence-electron chi connectivity index (χ2n) is 4.56. The summed E-state index contributed by atoms with van der Waals surface area (Å²) in [6.07, 6.45) is -4.52. The molecule has 0 aliphatic rings. The minimum Gasteiger partial charge on any atom is -0.365 e. The molecule has 8 heteroatoms. The summed E-state index contributed by atoms with van der Waals surface area (Å²) in [5.74, 6) is -0.921. The summed E-state index contributed by atoms with van der Waals surface area (Å²) < 4.78 is 39.8. The van der Waals surface area contributed by atoms with E-state index >= 15 is 0 Å². The number of primary amides is 1. The summed E-state index contributed by atoms with van der Waals surface area (Å²) in [6, 6.07) is 5.84. The first-order valence-electron chi connectivity index (χ1n) is 6.02. The van der Waals surface area contributed by atoms with Crippen molar-refractivity contribution in [1.82, 2.24) is 4.57 Å². The van der Waals surface area contributed by atoms with Gasteiger partial charge in [0.15, 0.2) is 0 Å². The number of aryl methyl sites for hydroxylation is 1. The maximum absolute atomic E-state index is 12.8. The van der Waals surface area contributed by atoms with E-state index in [0.29, 0.717) is 9.26 Å². The highest BCUT2D eigenvalue weighted by atomic mass is 127. The zero-order valence-corrected chi connectivity index (χ0v) is 13.4. The Morgan fingerprint density at radius 1 is 1.27 bits per heavy atom. The third-order valence-electron chi connectivity index (χ3n) is 3.02. The number of pyridine rings is 1. The number of benzene rings is 1. The minimum absolute atomic E-state index is 0.0243. The molecule has 1 amide bonds. The number of aromatic nitrogens is 1. The van der Waals surface area contributed by atoms with Gasteiger partial charge in [-0.2, -0.15) is 13.2 Å². The maximum Gasteiger partial charge on any atom is 0.416 e. The van der Waals surface area contributed by atoms with Gasteiger partial charge in [0.05, 0.1) is 5.56 Å². The first-order valence-corrected chi connectivity index (χ1v) is 7.10. The molecule has 1 heterocycles. The number of amides is 1. The Labute approximate surface area is 136 Å². The van der Waals surface area contributed by atoms with Crippen LogP contribution in [0.2, 0.25) is 0 Å². The second kappa shape index (κ2) is 5.75. The topological polar surface area (TPSA) is 65.1 Å². The van der Waals surface area contributed by atoms with E-state index in [4.69, 9.17) is 5.73 Å². The van der Waals surface area contributed by atoms with Crippen molar-refractivity contribution in [1.29, 1.82) is 0 Å². The van der Waals surface area contributed by atoms with Crippen LogP contribution in [0.1, 0.15) is 21.6 Å². The molecule has 0 aliphatic carbocycles. The minimum atomic E-state index is -4.52. The number of carbonyl (C=O) groups is 1. The van der Waals surface area contributed by atoms with Crippen molar-refractivity contribution in [3.8, 4) is 5.69 Å². The van der Waals surface area contributed by atoms with Crippen LogP contribution in [-0.4, -0.2) is 10.5 Å².